The summed E-state index contributed by atoms with van der Waals surface area (Å²) < 4.78 is 4.99. The first-order valence-electron chi connectivity index (χ1n) is 9.09. The number of hydrogen-bond acceptors (Lipinski definition) is 5. The molecule has 0 saturated heterocycles. The molecule has 1 aliphatic rings. The van der Waals surface area contributed by atoms with Crippen molar-refractivity contribution in [2.75, 3.05) is 44.5 Å². The fourth-order valence-electron chi connectivity index (χ4n) is 3.33. The van der Waals surface area contributed by atoms with Crippen molar-refractivity contribution in [1.29, 1.82) is 0 Å². The van der Waals surface area contributed by atoms with E-state index in [9.17, 15) is 9.59 Å². The standard InChI is InChI=1S/C20H25N3O3S/c1-5-23-11-10-15-16(12-23)27-19(17(15)20(25)26-4)21-18(24)13-6-8-14(9-7-13)22(2)3/h6-9H,5,10-12H2,1-4H3,(H,21,24)/p+1. The number of anilines is 2. The molecule has 7 heteroatoms. The molecule has 0 radical (unpaired) electrons. The molecule has 0 fully saturated rings. The van der Waals surface area contributed by atoms with Crippen LogP contribution in [0, 0.1) is 0 Å². The maximum atomic E-state index is 12.7. The monoisotopic (exact) mass is 388 g/mol. The zero-order valence-electron chi connectivity index (χ0n) is 16.2. The van der Waals surface area contributed by atoms with E-state index in [1.54, 1.807) is 12.1 Å². The number of hydrogen-bond donors (Lipinski definition) is 2. The molecule has 1 aliphatic heterocycles. The first-order valence-corrected chi connectivity index (χ1v) is 9.91. The molecular weight excluding hydrogens is 362 g/mol. The zero-order valence-corrected chi connectivity index (χ0v) is 17.0. The fraction of sp³-hybridized carbons (Fsp3) is 0.400. The number of nitrogens with zero attached hydrogens (tertiary/aromatic N) is 1. The van der Waals surface area contributed by atoms with Gasteiger partial charge >= 0.3 is 5.97 Å². The van der Waals surface area contributed by atoms with E-state index in [0.717, 1.165) is 42.2 Å². The molecule has 1 aromatic carbocycles. The third kappa shape index (κ3) is 3.99. The molecule has 6 nitrogen and oxygen atoms in total. The van der Waals surface area contributed by atoms with Crippen LogP contribution in [-0.2, 0) is 17.7 Å². The van der Waals surface area contributed by atoms with Crippen LogP contribution >= 0.6 is 11.3 Å². The van der Waals surface area contributed by atoms with E-state index in [1.807, 2.05) is 31.1 Å². The van der Waals surface area contributed by atoms with Crippen LogP contribution in [0.25, 0.3) is 0 Å². The lowest BCUT2D eigenvalue weighted by Gasteiger charge is -2.22. The summed E-state index contributed by atoms with van der Waals surface area (Å²) in [6, 6.07) is 7.38. The topological polar surface area (TPSA) is 63.1 Å². The number of likely N-dealkylation sites (N-methyl/N-ethyl adjacent to an activating group) is 1. The van der Waals surface area contributed by atoms with E-state index in [1.165, 1.54) is 23.3 Å². The molecule has 0 saturated carbocycles. The van der Waals surface area contributed by atoms with Gasteiger partial charge in [0.15, 0.2) is 0 Å². The van der Waals surface area contributed by atoms with Crippen molar-refractivity contribution in [2.45, 2.75) is 19.9 Å². The van der Waals surface area contributed by atoms with Crippen LogP contribution in [0.5, 0.6) is 0 Å². The molecule has 0 aliphatic carbocycles. The number of carbonyl (C=O) groups excluding carboxylic acids is 2. The summed E-state index contributed by atoms with van der Waals surface area (Å²) in [7, 11) is 5.29. The van der Waals surface area contributed by atoms with E-state index >= 15 is 0 Å². The molecule has 2 N–H and O–H groups in total. The molecule has 0 bridgehead atoms. The molecule has 144 valence electrons. The number of rotatable bonds is 5. The average molecular weight is 389 g/mol. The lowest BCUT2D eigenvalue weighted by atomic mass is 10.0. The highest BCUT2D eigenvalue weighted by Gasteiger charge is 2.30. The molecule has 1 unspecified atom stereocenters. The second kappa shape index (κ2) is 8.10. The van der Waals surface area contributed by atoms with Gasteiger partial charge in [-0.1, -0.05) is 0 Å². The molecule has 1 amide bonds. The van der Waals surface area contributed by atoms with Crippen LogP contribution in [-0.4, -0.2) is 46.2 Å². The summed E-state index contributed by atoms with van der Waals surface area (Å²) in [6.07, 6.45) is 0.826. The van der Waals surface area contributed by atoms with Gasteiger partial charge in [-0.25, -0.2) is 4.79 Å². The average Bonchev–Trinajstić information content (AvgIpc) is 3.04. The number of quaternary nitrogens is 1. The van der Waals surface area contributed by atoms with E-state index in [4.69, 9.17) is 4.74 Å². The van der Waals surface area contributed by atoms with Crippen LogP contribution in [0.1, 0.15) is 38.1 Å². The second-order valence-electron chi connectivity index (χ2n) is 6.88. The SMILES string of the molecule is CC[NH+]1CCc2c(sc(NC(=O)c3ccc(N(C)C)cc3)c2C(=O)OC)C1. The lowest BCUT2D eigenvalue weighted by Crippen LogP contribution is -3.11. The Kier molecular flexibility index (Phi) is 5.82. The van der Waals surface area contributed by atoms with Crippen LogP contribution in [0.2, 0.25) is 0 Å². The van der Waals surface area contributed by atoms with Gasteiger partial charge in [-0.15, -0.1) is 11.3 Å². The molecule has 0 spiro atoms. The summed E-state index contributed by atoms with van der Waals surface area (Å²) in [6.45, 7) is 5.08. The zero-order chi connectivity index (χ0) is 19.6. The van der Waals surface area contributed by atoms with Crippen molar-refractivity contribution in [3.05, 3.63) is 45.8 Å². The number of amides is 1. The van der Waals surface area contributed by atoms with Crippen LogP contribution in [0.3, 0.4) is 0 Å². The molecule has 1 aromatic heterocycles. The van der Waals surface area contributed by atoms with Gasteiger partial charge in [0.2, 0.25) is 0 Å². The van der Waals surface area contributed by atoms with Crippen molar-refractivity contribution >= 4 is 33.9 Å². The van der Waals surface area contributed by atoms with Crippen molar-refractivity contribution in [1.82, 2.24) is 0 Å². The highest BCUT2D eigenvalue weighted by Crippen LogP contribution is 2.35. The van der Waals surface area contributed by atoms with Crippen LogP contribution in [0.4, 0.5) is 10.7 Å². The quantitative estimate of drug-likeness (QED) is 0.767. The van der Waals surface area contributed by atoms with E-state index < -0.39 is 0 Å². The summed E-state index contributed by atoms with van der Waals surface area (Å²) >= 11 is 1.49. The third-order valence-corrected chi connectivity index (χ3v) is 6.14. The van der Waals surface area contributed by atoms with E-state index in [0.29, 0.717) is 16.1 Å². The summed E-state index contributed by atoms with van der Waals surface area (Å²) in [4.78, 5) is 29.7. The van der Waals surface area contributed by atoms with Crippen molar-refractivity contribution in [2.24, 2.45) is 0 Å². The normalized spacial score (nSPS) is 15.8. The summed E-state index contributed by atoms with van der Waals surface area (Å²) in [5.74, 6) is -0.602. The van der Waals surface area contributed by atoms with Gasteiger partial charge in [0.25, 0.3) is 5.91 Å². The number of ether oxygens (including phenoxy) is 1. The maximum Gasteiger partial charge on any atom is 0.341 e. The Bertz CT molecular complexity index is 843. The number of esters is 1. The number of benzene rings is 1. The fourth-order valence-corrected chi connectivity index (χ4v) is 4.63. The molecule has 27 heavy (non-hydrogen) atoms. The second-order valence-corrected chi connectivity index (χ2v) is 7.98. The van der Waals surface area contributed by atoms with Gasteiger partial charge in [-0.2, -0.15) is 0 Å². The number of thiophene rings is 1. The summed E-state index contributed by atoms with van der Waals surface area (Å²) in [5.41, 5.74) is 3.13. The molecular formula is C20H26N3O3S+. The molecule has 3 rings (SSSR count). The predicted molar refractivity (Wildman–Crippen MR) is 108 cm³/mol. The Labute approximate surface area is 163 Å². The number of methoxy groups -OCH3 is 1. The minimum absolute atomic E-state index is 0.219. The van der Waals surface area contributed by atoms with E-state index in [2.05, 4.69) is 12.2 Å². The van der Waals surface area contributed by atoms with E-state index in [-0.39, 0.29) is 11.9 Å². The van der Waals surface area contributed by atoms with Gasteiger partial charge in [0, 0.05) is 31.8 Å². The molecule has 2 heterocycles. The smallest absolute Gasteiger partial charge is 0.341 e. The first-order chi connectivity index (χ1) is 12.9. The third-order valence-electron chi connectivity index (χ3n) is 4.99. The predicted octanol–water partition coefficient (Wildman–Crippen LogP) is 1.81. The maximum absolute atomic E-state index is 12.7. The Balaban J connectivity index is 1.88. The first kappa shape index (κ1) is 19.4. The molecule has 1 atom stereocenters. The van der Waals surface area contributed by atoms with Crippen molar-refractivity contribution < 1.29 is 19.2 Å². The lowest BCUT2D eigenvalue weighted by molar-refractivity contribution is -0.913. The van der Waals surface area contributed by atoms with Crippen LogP contribution in [0.15, 0.2) is 24.3 Å². The Morgan fingerprint density at radius 3 is 2.56 bits per heavy atom. The number of nitrogens with one attached hydrogen (secondary N) is 2. The van der Waals surface area contributed by atoms with Crippen molar-refractivity contribution in [3.8, 4) is 0 Å². The summed E-state index contributed by atoms with van der Waals surface area (Å²) in [5, 5.41) is 3.53. The largest absolute Gasteiger partial charge is 0.465 e. The van der Waals surface area contributed by atoms with Gasteiger partial charge in [0.1, 0.15) is 11.5 Å². The molecule has 2 aromatic rings. The minimum Gasteiger partial charge on any atom is -0.465 e. The van der Waals surface area contributed by atoms with Gasteiger partial charge in [-0.3, -0.25) is 4.79 Å². The number of carbonyl (C=O) groups is 2. The Morgan fingerprint density at radius 1 is 1.26 bits per heavy atom. The van der Waals surface area contributed by atoms with Gasteiger partial charge in [0.05, 0.1) is 30.6 Å². The minimum atomic E-state index is -0.384. The Hall–Kier alpha value is -2.38. The Morgan fingerprint density at radius 2 is 1.96 bits per heavy atom. The van der Waals surface area contributed by atoms with Gasteiger partial charge in [-0.05, 0) is 36.8 Å². The number of fused-ring (bicyclic) bond motifs is 1. The van der Waals surface area contributed by atoms with Crippen LogP contribution < -0.4 is 15.1 Å². The highest BCUT2D eigenvalue weighted by atomic mass is 32.1. The van der Waals surface area contributed by atoms with Gasteiger partial charge < -0.3 is 19.9 Å². The highest BCUT2D eigenvalue weighted by molar-refractivity contribution is 7.17. The van der Waals surface area contributed by atoms with Crippen molar-refractivity contribution in [3.63, 3.8) is 0 Å².